The van der Waals surface area contributed by atoms with Gasteiger partial charge in [0.05, 0.1) is 5.56 Å². The molecule has 2 aromatic heterocycles. The lowest BCUT2D eigenvalue weighted by Gasteiger charge is -2.31. The largest absolute Gasteiger partial charge is 0.349 e. The summed E-state index contributed by atoms with van der Waals surface area (Å²) in [5.74, 6) is 0.0679. The average molecular weight is 372 g/mol. The maximum absolute atomic E-state index is 13.0. The first-order chi connectivity index (χ1) is 12.5. The standard InChI is InChI=1S/C21H29N3OS/c1-15(2)7-12-23-13-8-18(9-14-23)22-20(25)19-16(3)17(4)26-21(19)24-10-5-6-11-24/h5-7,10-11,18H,8-9,12-14H2,1-4H3,(H,22,25). The molecule has 1 amide bonds. The van der Waals surface area contributed by atoms with Crippen LogP contribution in [0.3, 0.4) is 0 Å². The predicted molar refractivity (Wildman–Crippen MR) is 109 cm³/mol. The molecule has 0 aromatic carbocycles. The number of carbonyl (C=O) groups is 1. The normalized spacial score (nSPS) is 15.8. The summed E-state index contributed by atoms with van der Waals surface area (Å²) in [5, 5.41) is 4.31. The number of likely N-dealkylation sites (tertiary alicyclic amines) is 1. The number of carbonyl (C=O) groups excluding carboxylic acids is 1. The number of amides is 1. The molecule has 1 N–H and O–H groups in total. The van der Waals surface area contributed by atoms with Crippen LogP contribution in [-0.4, -0.2) is 41.1 Å². The van der Waals surface area contributed by atoms with Crippen LogP contribution in [0.4, 0.5) is 0 Å². The van der Waals surface area contributed by atoms with Crippen molar-refractivity contribution in [3.05, 3.63) is 52.2 Å². The van der Waals surface area contributed by atoms with Gasteiger partial charge in [-0.3, -0.25) is 9.69 Å². The monoisotopic (exact) mass is 371 g/mol. The van der Waals surface area contributed by atoms with E-state index < -0.39 is 0 Å². The van der Waals surface area contributed by atoms with E-state index in [-0.39, 0.29) is 11.9 Å². The van der Waals surface area contributed by atoms with Crippen molar-refractivity contribution in [2.24, 2.45) is 0 Å². The molecular formula is C21H29N3OS. The van der Waals surface area contributed by atoms with Crippen LogP contribution in [0.1, 0.15) is 47.5 Å². The molecule has 5 heteroatoms. The molecule has 2 aromatic rings. The number of aryl methyl sites for hydroxylation is 1. The highest BCUT2D eigenvalue weighted by Gasteiger charge is 2.25. The van der Waals surface area contributed by atoms with E-state index in [1.807, 2.05) is 29.1 Å². The van der Waals surface area contributed by atoms with E-state index in [0.717, 1.165) is 48.6 Å². The second-order valence-electron chi connectivity index (χ2n) is 7.38. The summed E-state index contributed by atoms with van der Waals surface area (Å²) in [6, 6.07) is 4.25. The summed E-state index contributed by atoms with van der Waals surface area (Å²) in [6.07, 6.45) is 8.32. The topological polar surface area (TPSA) is 37.3 Å². The quantitative estimate of drug-likeness (QED) is 0.795. The van der Waals surface area contributed by atoms with E-state index >= 15 is 0 Å². The van der Waals surface area contributed by atoms with Crippen LogP contribution in [-0.2, 0) is 0 Å². The Labute approximate surface area is 160 Å². The molecule has 3 heterocycles. The Morgan fingerprint density at radius 3 is 2.50 bits per heavy atom. The van der Waals surface area contributed by atoms with Crippen molar-refractivity contribution in [3.8, 4) is 5.00 Å². The fourth-order valence-corrected chi connectivity index (χ4v) is 4.48. The van der Waals surface area contributed by atoms with Crippen molar-refractivity contribution >= 4 is 17.2 Å². The second-order valence-corrected chi connectivity index (χ2v) is 8.59. The van der Waals surface area contributed by atoms with Gasteiger partial charge in [-0.25, -0.2) is 0 Å². The Hall–Kier alpha value is -1.85. The Morgan fingerprint density at radius 1 is 1.23 bits per heavy atom. The van der Waals surface area contributed by atoms with Gasteiger partial charge < -0.3 is 9.88 Å². The van der Waals surface area contributed by atoms with E-state index in [4.69, 9.17) is 0 Å². The molecule has 0 bridgehead atoms. The van der Waals surface area contributed by atoms with Crippen LogP contribution in [0.25, 0.3) is 5.00 Å². The molecule has 3 rings (SSSR count). The number of thiophene rings is 1. The number of aromatic nitrogens is 1. The molecule has 26 heavy (non-hydrogen) atoms. The third-order valence-electron chi connectivity index (χ3n) is 5.11. The van der Waals surface area contributed by atoms with Crippen LogP contribution in [0, 0.1) is 13.8 Å². The minimum atomic E-state index is 0.0679. The van der Waals surface area contributed by atoms with Gasteiger partial charge in [0.25, 0.3) is 5.91 Å². The lowest BCUT2D eigenvalue weighted by molar-refractivity contribution is 0.0914. The number of hydrogen-bond donors (Lipinski definition) is 1. The maximum Gasteiger partial charge on any atom is 0.254 e. The van der Waals surface area contributed by atoms with Gasteiger partial charge in [0.2, 0.25) is 0 Å². The third-order valence-corrected chi connectivity index (χ3v) is 6.33. The summed E-state index contributed by atoms with van der Waals surface area (Å²) in [7, 11) is 0. The van der Waals surface area contributed by atoms with Gasteiger partial charge in [-0.1, -0.05) is 11.6 Å². The first-order valence-corrected chi connectivity index (χ1v) is 10.2. The molecular weight excluding hydrogens is 342 g/mol. The van der Waals surface area contributed by atoms with Gasteiger partial charge in [-0.15, -0.1) is 11.3 Å². The second kappa shape index (κ2) is 8.23. The van der Waals surface area contributed by atoms with E-state index in [1.165, 1.54) is 10.5 Å². The van der Waals surface area contributed by atoms with E-state index in [0.29, 0.717) is 0 Å². The molecule has 1 fully saturated rings. The van der Waals surface area contributed by atoms with E-state index in [2.05, 4.69) is 44.0 Å². The molecule has 0 saturated carbocycles. The Kier molecular flexibility index (Phi) is 5.99. The van der Waals surface area contributed by atoms with Gasteiger partial charge in [0.1, 0.15) is 5.00 Å². The van der Waals surface area contributed by atoms with Gasteiger partial charge in [0.15, 0.2) is 0 Å². The summed E-state index contributed by atoms with van der Waals surface area (Å²) in [4.78, 5) is 16.7. The van der Waals surface area contributed by atoms with Gasteiger partial charge in [0, 0.05) is 42.9 Å². The minimum Gasteiger partial charge on any atom is -0.349 e. The summed E-state index contributed by atoms with van der Waals surface area (Å²) < 4.78 is 2.04. The highest BCUT2D eigenvalue weighted by atomic mass is 32.1. The molecule has 0 atom stereocenters. The first-order valence-electron chi connectivity index (χ1n) is 9.35. The maximum atomic E-state index is 13.0. The lowest BCUT2D eigenvalue weighted by Crippen LogP contribution is -2.44. The fourth-order valence-electron chi connectivity index (χ4n) is 3.36. The Bertz CT molecular complexity index is 777. The number of hydrogen-bond acceptors (Lipinski definition) is 3. The molecule has 0 spiro atoms. The summed E-state index contributed by atoms with van der Waals surface area (Å²) >= 11 is 1.69. The number of nitrogens with zero attached hydrogens (tertiary/aromatic N) is 2. The molecule has 0 unspecified atom stereocenters. The Morgan fingerprint density at radius 2 is 1.88 bits per heavy atom. The van der Waals surface area contributed by atoms with Crippen molar-refractivity contribution in [2.75, 3.05) is 19.6 Å². The third kappa shape index (κ3) is 4.27. The van der Waals surface area contributed by atoms with Gasteiger partial charge >= 0.3 is 0 Å². The molecule has 1 aliphatic heterocycles. The highest BCUT2D eigenvalue weighted by Crippen LogP contribution is 2.31. The molecule has 140 valence electrons. The van der Waals surface area contributed by atoms with Crippen molar-refractivity contribution in [3.63, 3.8) is 0 Å². The zero-order chi connectivity index (χ0) is 18.7. The first kappa shape index (κ1) is 18.9. The van der Waals surface area contributed by atoms with Crippen LogP contribution < -0.4 is 5.32 Å². The van der Waals surface area contributed by atoms with Crippen LogP contribution in [0.5, 0.6) is 0 Å². The van der Waals surface area contributed by atoms with Crippen LogP contribution in [0.15, 0.2) is 36.2 Å². The number of rotatable bonds is 5. The highest BCUT2D eigenvalue weighted by molar-refractivity contribution is 7.15. The zero-order valence-electron chi connectivity index (χ0n) is 16.2. The predicted octanol–water partition coefficient (Wildman–Crippen LogP) is 4.32. The molecule has 1 aliphatic rings. The van der Waals surface area contributed by atoms with Gasteiger partial charge in [-0.05, 0) is 58.2 Å². The van der Waals surface area contributed by atoms with Crippen LogP contribution in [0.2, 0.25) is 0 Å². The summed E-state index contributed by atoms with van der Waals surface area (Å²) in [6.45, 7) is 11.5. The smallest absolute Gasteiger partial charge is 0.254 e. The molecule has 0 aliphatic carbocycles. The SMILES string of the molecule is CC(C)=CCN1CCC(NC(=O)c2c(-n3cccc3)sc(C)c2C)CC1. The van der Waals surface area contributed by atoms with Crippen molar-refractivity contribution in [1.29, 1.82) is 0 Å². The molecule has 4 nitrogen and oxygen atoms in total. The molecule has 1 saturated heterocycles. The molecule has 0 radical (unpaired) electrons. The fraction of sp³-hybridized carbons (Fsp3) is 0.476. The minimum absolute atomic E-state index is 0.0679. The van der Waals surface area contributed by atoms with Crippen molar-refractivity contribution in [1.82, 2.24) is 14.8 Å². The van der Waals surface area contributed by atoms with Crippen molar-refractivity contribution < 1.29 is 4.79 Å². The van der Waals surface area contributed by atoms with Crippen molar-refractivity contribution in [2.45, 2.75) is 46.6 Å². The zero-order valence-corrected chi connectivity index (χ0v) is 17.0. The summed E-state index contributed by atoms with van der Waals surface area (Å²) in [5.41, 5.74) is 3.29. The van der Waals surface area contributed by atoms with E-state index in [9.17, 15) is 4.79 Å². The average Bonchev–Trinajstić information content (AvgIpc) is 3.23. The van der Waals surface area contributed by atoms with Crippen LogP contribution >= 0.6 is 11.3 Å². The van der Waals surface area contributed by atoms with Gasteiger partial charge in [-0.2, -0.15) is 0 Å². The Balaban J connectivity index is 1.66. The number of allylic oxidation sites excluding steroid dienone is 1. The van der Waals surface area contributed by atoms with E-state index in [1.54, 1.807) is 11.3 Å². The lowest BCUT2D eigenvalue weighted by atomic mass is 10.0. The number of piperidine rings is 1. The number of nitrogens with one attached hydrogen (secondary N) is 1.